The maximum Gasteiger partial charge on any atom is 0.416 e. The van der Waals surface area contributed by atoms with Crippen molar-refractivity contribution in [2.75, 3.05) is 18.0 Å². The van der Waals surface area contributed by atoms with Crippen LogP contribution in [0, 0.1) is 0 Å². The number of nitrogens with zero attached hydrogens (tertiary/aromatic N) is 3. The highest BCUT2D eigenvalue weighted by molar-refractivity contribution is 5.99. The molecule has 6 rings (SSSR count). The van der Waals surface area contributed by atoms with E-state index in [4.69, 9.17) is 4.74 Å². The van der Waals surface area contributed by atoms with E-state index in [0.717, 1.165) is 29.1 Å². The number of fused-ring (bicyclic) bond motifs is 1. The molecule has 2 aromatic carbocycles. The second-order valence-electron chi connectivity index (χ2n) is 9.05. The molecule has 0 saturated carbocycles. The predicted molar refractivity (Wildman–Crippen MR) is 129 cm³/mol. The van der Waals surface area contributed by atoms with Gasteiger partial charge in [-0.15, -0.1) is 0 Å². The normalized spacial score (nSPS) is 17.5. The predicted octanol–water partition coefficient (Wildman–Crippen LogP) is 5.62. The van der Waals surface area contributed by atoms with E-state index in [0.29, 0.717) is 48.4 Å². The Morgan fingerprint density at radius 3 is 2.44 bits per heavy atom. The van der Waals surface area contributed by atoms with Gasteiger partial charge in [-0.05, 0) is 35.9 Å². The number of alkyl halides is 3. The Balaban J connectivity index is 1.18. The average Bonchev–Trinajstić information content (AvgIpc) is 3.45. The van der Waals surface area contributed by atoms with E-state index in [1.165, 1.54) is 6.07 Å². The number of aromatic nitrogens is 3. The number of pyridine rings is 1. The van der Waals surface area contributed by atoms with E-state index in [1.54, 1.807) is 12.3 Å². The van der Waals surface area contributed by atoms with Crippen LogP contribution in [0.5, 0.6) is 0 Å². The first-order valence-electron chi connectivity index (χ1n) is 11.6. The molecule has 1 N–H and O–H groups in total. The van der Waals surface area contributed by atoms with Crippen LogP contribution in [0.1, 0.15) is 24.0 Å². The van der Waals surface area contributed by atoms with Crippen LogP contribution in [0.15, 0.2) is 72.9 Å². The minimum absolute atomic E-state index is 0.307. The van der Waals surface area contributed by atoms with Crippen molar-refractivity contribution in [3.63, 3.8) is 0 Å². The van der Waals surface area contributed by atoms with Crippen LogP contribution in [0.4, 0.5) is 19.0 Å². The van der Waals surface area contributed by atoms with Crippen LogP contribution >= 0.6 is 0 Å². The van der Waals surface area contributed by atoms with Gasteiger partial charge in [0, 0.05) is 49.3 Å². The maximum atomic E-state index is 13.0. The highest BCUT2D eigenvalue weighted by atomic mass is 19.4. The number of halogens is 3. The summed E-state index contributed by atoms with van der Waals surface area (Å²) in [6.07, 6.45) is 0.141. The zero-order valence-electron chi connectivity index (χ0n) is 19.0. The third-order valence-electron chi connectivity index (χ3n) is 6.86. The van der Waals surface area contributed by atoms with Gasteiger partial charge in [0.2, 0.25) is 0 Å². The summed E-state index contributed by atoms with van der Waals surface area (Å²) in [7, 11) is 0. The van der Waals surface area contributed by atoms with Crippen LogP contribution in [0.25, 0.3) is 28.0 Å². The highest BCUT2D eigenvalue weighted by Crippen LogP contribution is 2.43. The van der Waals surface area contributed by atoms with Crippen LogP contribution in [-0.4, -0.2) is 39.6 Å². The maximum absolute atomic E-state index is 13.0. The molecule has 0 atom stereocenters. The number of benzene rings is 2. The van der Waals surface area contributed by atoms with Crippen molar-refractivity contribution in [3.05, 3.63) is 84.1 Å². The van der Waals surface area contributed by atoms with Gasteiger partial charge in [-0.2, -0.15) is 13.2 Å². The molecular weight excluding hydrogens is 469 g/mol. The fourth-order valence-electron chi connectivity index (χ4n) is 4.99. The van der Waals surface area contributed by atoms with E-state index in [2.05, 4.69) is 19.9 Å². The van der Waals surface area contributed by atoms with Crippen molar-refractivity contribution in [1.29, 1.82) is 0 Å². The first-order valence-corrected chi connectivity index (χ1v) is 11.6. The zero-order valence-corrected chi connectivity index (χ0v) is 19.0. The number of H-pyrrole nitrogens is 1. The van der Waals surface area contributed by atoms with Crippen LogP contribution in [0.3, 0.4) is 0 Å². The van der Waals surface area contributed by atoms with Gasteiger partial charge >= 0.3 is 12.1 Å². The van der Waals surface area contributed by atoms with E-state index < -0.39 is 17.3 Å². The lowest BCUT2D eigenvalue weighted by molar-refractivity contribution is -0.146. The van der Waals surface area contributed by atoms with Crippen LogP contribution in [0.2, 0.25) is 0 Å². The largest absolute Gasteiger partial charge is 0.451 e. The molecule has 1 fully saturated rings. The van der Waals surface area contributed by atoms with Crippen molar-refractivity contribution in [2.24, 2.45) is 0 Å². The molecule has 2 aliphatic heterocycles. The summed E-state index contributed by atoms with van der Waals surface area (Å²) >= 11 is 0. The third kappa shape index (κ3) is 3.90. The summed E-state index contributed by atoms with van der Waals surface area (Å²) in [6, 6.07) is 17.0. The average molecular weight is 490 g/mol. The molecule has 6 nitrogen and oxygen atoms in total. The molecule has 0 amide bonds. The number of imidazole rings is 1. The fraction of sp³-hybridized carbons (Fsp3) is 0.222. The molecule has 36 heavy (non-hydrogen) atoms. The molecule has 0 bridgehead atoms. The Kier molecular flexibility index (Phi) is 5.10. The van der Waals surface area contributed by atoms with Gasteiger partial charge in [-0.3, -0.25) is 0 Å². The SMILES string of the molecule is O=C1C=C(c2ccccc2)C2(CCN(c3ccc(-c4nc5ccc(C(F)(F)F)cc5[nH]4)cn3)CC2)O1. The number of esters is 1. The van der Waals surface area contributed by atoms with Gasteiger partial charge < -0.3 is 14.6 Å². The molecule has 2 aromatic heterocycles. The van der Waals surface area contributed by atoms with E-state index in [1.807, 2.05) is 42.5 Å². The summed E-state index contributed by atoms with van der Waals surface area (Å²) in [5.74, 6) is 0.924. The Labute approximate surface area is 204 Å². The number of hydrogen-bond acceptors (Lipinski definition) is 5. The summed E-state index contributed by atoms with van der Waals surface area (Å²) in [4.78, 5) is 26.3. The van der Waals surface area contributed by atoms with Gasteiger partial charge in [-0.25, -0.2) is 14.8 Å². The number of carbonyl (C=O) groups is 1. The molecule has 9 heteroatoms. The molecule has 4 aromatic rings. The molecular formula is C27H21F3N4O2. The number of carbonyl (C=O) groups excluding carboxylic acids is 1. The van der Waals surface area contributed by atoms with Crippen LogP contribution < -0.4 is 4.90 Å². The lowest BCUT2D eigenvalue weighted by atomic mass is 9.81. The lowest BCUT2D eigenvalue weighted by Crippen LogP contribution is -2.46. The van der Waals surface area contributed by atoms with E-state index in [9.17, 15) is 18.0 Å². The zero-order chi connectivity index (χ0) is 24.9. The van der Waals surface area contributed by atoms with Gasteiger partial charge in [0.25, 0.3) is 0 Å². The molecule has 2 aliphatic rings. The van der Waals surface area contributed by atoms with Crippen molar-refractivity contribution >= 4 is 28.4 Å². The number of piperidine rings is 1. The van der Waals surface area contributed by atoms with Gasteiger partial charge in [0.05, 0.1) is 16.6 Å². The molecule has 1 saturated heterocycles. The Hall–Kier alpha value is -4.14. The minimum atomic E-state index is -4.41. The first kappa shape index (κ1) is 22.3. The monoisotopic (exact) mass is 490 g/mol. The number of ether oxygens (including phenoxy) is 1. The Bertz CT molecular complexity index is 1470. The van der Waals surface area contributed by atoms with Gasteiger partial charge in [0.1, 0.15) is 17.2 Å². The number of aromatic amines is 1. The topological polar surface area (TPSA) is 71.1 Å². The molecule has 0 radical (unpaired) electrons. The molecule has 1 spiro atoms. The number of hydrogen-bond donors (Lipinski definition) is 1. The second-order valence-corrected chi connectivity index (χ2v) is 9.05. The van der Waals surface area contributed by atoms with Crippen molar-refractivity contribution in [2.45, 2.75) is 24.6 Å². The van der Waals surface area contributed by atoms with Gasteiger partial charge in [-0.1, -0.05) is 30.3 Å². The highest BCUT2D eigenvalue weighted by Gasteiger charge is 2.46. The van der Waals surface area contributed by atoms with Crippen LogP contribution in [-0.2, 0) is 15.7 Å². The van der Waals surface area contributed by atoms with E-state index >= 15 is 0 Å². The summed E-state index contributed by atoms with van der Waals surface area (Å²) in [5, 5.41) is 0. The van der Waals surface area contributed by atoms with Gasteiger partial charge in [0.15, 0.2) is 0 Å². The minimum Gasteiger partial charge on any atom is -0.451 e. The fourth-order valence-corrected chi connectivity index (χ4v) is 4.99. The number of rotatable bonds is 3. The molecule has 0 unspecified atom stereocenters. The lowest BCUT2D eigenvalue weighted by Gasteiger charge is -2.40. The first-order chi connectivity index (χ1) is 17.3. The molecule has 4 heterocycles. The Morgan fingerprint density at radius 1 is 0.972 bits per heavy atom. The molecule has 182 valence electrons. The molecule has 0 aliphatic carbocycles. The summed E-state index contributed by atoms with van der Waals surface area (Å²) < 4.78 is 44.9. The van der Waals surface area contributed by atoms with Crippen molar-refractivity contribution in [1.82, 2.24) is 15.0 Å². The second kappa shape index (κ2) is 8.22. The number of nitrogens with one attached hydrogen (secondary N) is 1. The third-order valence-corrected chi connectivity index (χ3v) is 6.86. The number of anilines is 1. The summed E-state index contributed by atoms with van der Waals surface area (Å²) in [5.41, 5.74) is 2.02. The van der Waals surface area contributed by atoms with Crippen molar-refractivity contribution in [3.8, 4) is 11.4 Å². The standard InChI is InChI=1S/C27H21F3N4O2/c28-27(29,30)19-7-8-21-22(14-19)33-25(32-21)18-6-9-23(31-16-18)34-12-10-26(11-13-34)20(15-24(35)36-26)17-4-2-1-3-5-17/h1-9,14-16H,10-13H2,(H,32,33). The Morgan fingerprint density at radius 2 is 1.75 bits per heavy atom. The quantitative estimate of drug-likeness (QED) is 0.378. The summed E-state index contributed by atoms with van der Waals surface area (Å²) in [6.45, 7) is 1.32. The smallest absolute Gasteiger partial charge is 0.416 e. The van der Waals surface area contributed by atoms with Crippen molar-refractivity contribution < 1.29 is 22.7 Å². The van der Waals surface area contributed by atoms with E-state index in [-0.39, 0.29) is 5.97 Å².